The first kappa shape index (κ1) is 18.6. The Morgan fingerprint density at radius 2 is 1.68 bits per heavy atom. The second kappa shape index (κ2) is 8.97. The molecule has 0 heterocycles. The minimum absolute atomic E-state index is 0.141. The lowest BCUT2D eigenvalue weighted by molar-refractivity contribution is -0.128. The normalized spacial score (nSPS) is 12.8. The van der Waals surface area contributed by atoms with Gasteiger partial charge in [-0.3, -0.25) is 4.79 Å². The van der Waals surface area contributed by atoms with Crippen LogP contribution in [-0.4, -0.2) is 31.8 Å². The molecule has 5 heteroatoms. The van der Waals surface area contributed by atoms with E-state index in [2.05, 4.69) is 5.32 Å². The molecule has 0 saturated heterocycles. The van der Waals surface area contributed by atoms with Gasteiger partial charge in [0.25, 0.3) is 5.91 Å². The fourth-order valence-electron chi connectivity index (χ4n) is 2.22. The van der Waals surface area contributed by atoms with Gasteiger partial charge in [0.05, 0.1) is 13.2 Å². The molecule has 5 nitrogen and oxygen atoms in total. The minimum atomic E-state index is -0.641. The van der Waals surface area contributed by atoms with Gasteiger partial charge < -0.3 is 19.5 Å². The Bertz CT molecular complexity index is 684. The molecule has 0 bridgehead atoms. The zero-order valence-corrected chi connectivity index (χ0v) is 15.1. The van der Waals surface area contributed by atoms with Gasteiger partial charge in [0, 0.05) is 0 Å². The molecule has 2 aromatic carbocycles. The fourth-order valence-corrected chi connectivity index (χ4v) is 2.22. The summed E-state index contributed by atoms with van der Waals surface area (Å²) >= 11 is 0. The monoisotopic (exact) mass is 343 g/mol. The highest BCUT2D eigenvalue weighted by atomic mass is 16.5. The van der Waals surface area contributed by atoms with Gasteiger partial charge in [0.15, 0.2) is 17.6 Å². The second-order valence-corrected chi connectivity index (χ2v) is 5.94. The molecular weight excluding hydrogens is 318 g/mol. The summed E-state index contributed by atoms with van der Waals surface area (Å²) in [6.45, 7) is 6.00. The van der Waals surface area contributed by atoms with Gasteiger partial charge in [0.2, 0.25) is 0 Å². The largest absolute Gasteiger partial charge is 0.493 e. The van der Waals surface area contributed by atoms with Crippen molar-refractivity contribution in [1.29, 1.82) is 0 Å². The van der Waals surface area contributed by atoms with E-state index in [4.69, 9.17) is 14.2 Å². The number of para-hydroxylation sites is 2. The van der Waals surface area contributed by atoms with E-state index in [-0.39, 0.29) is 11.9 Å². The standard InChI is InChI=1S/C20H25NO4/c1-14-9-11-17(12-10-14)24-13-15(2)21-20(22)16(3)25-19-8-6-5-7-18(19)23-4/h5-12,15-16H,13H2,1-4H3,(H,21,22)/t15-,16+/m1/s1. The number of hydrogen-bond donors (Lipinski definition) is 1. The maximum atomic E-state index is 12.3. The van der Waals surface area contributed by atoms with Crippen LogP contribution in [0.25, 0.3) is 0 Å². The topological polar surface area (TPSA) is 56.8 Å². The van der Waals surface area contributed by atoms with Gasteiger partial charge in [-0.05, 0) is 45.0 Å². The molecule has 25 heavy (non-hydrogen) atoms. The fraction of sp³-hybridized carbons (Fsp3) is 0.350. The first-order valence-electron chi connectivity index (χ1n) is 8.29. The molecule has 0 aliphatic rings. The van der Waals surface area contributed by atoms with Crippen molar-refractivity contribution in [2.24, 2.45) is 0 Å². The van der Waals surface area contributed by atoms with E-state index in [0.717, 1.165) is 5.75 Å². The number of methoxy groups -OCH3 is 1. The van der Waals surface area contributed by atoms with Crippen molar-refractivity contribution in [3.8, 4) is 17.2 Å². The van der Waals surface area contributed by atoms with Crippen molar-refractivity contribution in [2.75, 3.05) is 13.7 Å². The van der Waals surface area contributed by atoms with Gasteiger partial charge in [-0.2, -0.15) is 0 Å². The summed E-state index contributed by atoms with van der Waals surface area (Å²) < 4.78 is 16.6. The summed E-state index contributed by atoms with van der Waals surface area (Å²) in [4.78, 5) is 12.3. The number of benzene rings is 2. The minimum Gasteiger partial charge on any atom is -0.493 e. The predicted octanol–water partition coefficient (Wildman–Crippen LogP) is 3.35. The first-order chi connectivity index (χ1) is 12.0. The van der Waals surface area contributed by atoms with E-state index in [1.54, 1.807) is 26.2 Å². The van der Waals surface area contributed by atoms with Crippen molar-refractivity contribution < 1.29 is 19.0 Å². The van der Waals surface area contributed by atoms with Crippen molar-refractivity contribution in [1.82, 2.24) is 5.32 Å². The van der Waals surface area contributed by atoms with Gasteiger partial charge >= 0.3 is 0 Å². The van der Waals surface area contributed by atoms with Gasteiger partial charge in [-0.25, -0.2) is 0 Å². The molecule has 0 aromatic heterocycles. The van der Waals surface area contributed by atoms with Crippen LogP contribution in [0.15, 0.2) is 48.5 Å². The smallest absolute Gasteiger partial charge is 0.261 e. The van der Waals surface area contributed by atoms with E-state index < -0.39 is 6.10 Å². The van der Waals surface area contributed by atoms with Crippen LogP contribution >= 0.6 is 0 Å². The molecule has 1 amide bonds. The van der Waals surface area contributed by atoms with Crippen LogP contribution in [0.5, 0.6) is 17.2 Å². The van der Waals surface area contributed by atoms with Crippen LogP contribution in [0.1, 0.15) is 19.4 Å². The summed E-state index contributed by atoms with van der Waals surface area (Å²) in [5, 5.41) is 2.89. The van der Waals surface area contributed by atoms with Gasteiger partial charge in [-0.1, -0.05) is 29.8 Å². The molecule has 0 saturated carbocycles. The molecule has 0 fully saturated rings. The molecular formula is C20H25NO4. The van der Waals surface area contributed by atoms with Crippen molar-refractivity contribution >= 4 is 5.91 Å². The lowest BCUT2D eigenvalue weighted by Crippen LogP contribution is -2.43. The number of carbonyl (C=O) groups excluding carboxylic acids is 1. The lowest BCUT2D eigenvalue weighted by atomic mass is 10.2. The van der Waals surface area contributed by atoms with Crippen LogP contribution in [0, 0.1) is 6.92 Å². The summed E-state index contributed by atoms with van der Waals surface area (Å²) in [5.41, 5.74) is 1.18. The maximum Gasteiger partial charge on any atom is 0.261 e. The third-order valence-corrected chi connectivity index (χ3v) is 3.65. The van der Waals surface area contributed by atoms with Gasteiger partial charge in [0.1, 0.15) is 12.4 Å². The molecule has 1 N–H and O–H groups in total. The van der Waals surface area contributed by atoms with Crippen LogP contribution < -0.4 is 19.5 Å². The number of hydrogen-bond acceptors (Lipinski definition) is 4. The summed E-state index contributed by atoms with van der Waals surface area (Å²) in [6.07, 6.45) is -0.641. The lowest BCUT2D eigenvalue weighted by Gasteiger charge is -2.20. The first-order valence-corrected chi connectivity index (χ1v) is 8.29. The van der Waals surface area contributed by atoms with Crippen molar-refractivity contribution in [3.05, 3.63) is 54.1 Å². The second-order valence-electron chi connectivity index (χ2n) is 5.94. The summed E-state index contributed by atoms with van der Waals surface area (Å²) in [7, 11) is 1.57. The molecule has 2 rings (SSSR count). The highest BCUT2D eigenvalue weighted by molar-refractivity contribution is 5.81. The Morgan fingerprint density at radius 1 is 1.04 bits per heavy atom. The third-order valence-electron chi connectivity index (χ3n) is 3.65. The molecule has 0 radical (unpaired) electrons. The maximum absolute atomic E-state index is 12.3. The summed E-state index contributed by atoms with van der Waals surface area (Å²) in [6, 6.07) is 14.9. The molecule has 2 atom stereocenters. The molecule has 0 spiro atoms. The van der Waals surface area contributed by atoms with E-state index >= 15 is 0 Å². The SMILES string of the molecule is COc1ccccc1O[C@@H](C)C(=O)N[C@H](C)COc1ccc(C)cc1. The number of nitrogens with one attached hydrogen (secondary N) is 1. The van der Waals surface area contributed by atoms with E-state index in [1.165, 1.54) is 5.56 Å². The highest BCUT2D eigenvalue weighted by Gasteiger charge is 2.18. The molecule has 0 aliphatic heterocycles. The number of ether oxygens (including phenoxy) is 3. The van der Waals surface area contributed by atoms with E-state index in [0.29, 0.717) is 18.1 Å². The van der Waals surface area contributed by atoms with Crippen LogP contribution in [-0.2, 0) is 4.79 Å². The number of carbonyl (C=O) groups is 1. The van der Waals surface area contributed by atoms with Gasteiger partial charge in [-0.15, -0.1) is 0 Å². The summed E-state index contributed by atoms with van der Waals surface area (Å²) in [5.74, 6) is 1.71. The zero-order chi connectivity index (χ0) is 18.2. The Labute approximate surface area is 148 Å². The van der Waals surface area contributed by atoms with Crippen LogP contribution in [0.4, 0.5) is 0 Å². The molecule has 0 unspecified atom stereocenters. The molecule has 0 aliphatic carbocycles. The zero-order valence-electron chi connectivity index (χ0n) is 15.1. The predicted molar refractivity (Wildman–Crippen MR) is 97.4 cm³/mol. The van der Waals surface area contributed by atoms with Crippen LogP contribution in [0.3, 0.4) is 0 Å². The quantitative estimate of drug-likeness (QED) is 0.798. The van der Waals surface area contributed by atoms with Crippen molar-refractivity contribution in [2.45, 2.75) is 32.9 Å². The van der Waals surface area contributed by atoms with Crippen molar-refractivity contribution in [3.63, 3.8) is 0 Å². The Balaban J connectivity index is 1.82. The van der Waals surface area contributed by atoms with E-state index in [1.807, 2.05) is 50.2 Å². The average molecular weight is 343 g/mol. The Kier molecular flexibility index (Phi) is 6.69. The Hall–Kier alpha value is -2.69. The number of rotatable bonds is 8. The Morgan fingerprint density at radius 3 is 2.32 bits per heavy atom. The molecule has 134 valence electrons. The third kappa shape index (κ3) is 5.71. The average Bonchev–Trinajstić information content (AvgIpc) is 2.61. The molecule has 2 aromatic rings. The highest BCUT2D eigenvalue weighted by Crippen LogP contribution is 2.26. The van der Waals surface area contributed by atoms with E-state index in [9.17, 15) is 4.79 Å². The number of amides is 1. The number of aryl methyl sites for hydroxylation is 1. The van der Waals surface area contributed by atoms with Crippen LogP contribution in [0.2, 0.25) is 0 Å².